The number of likely N-dealkylation sites (N-methyl/N-ethyl adjacent to an activating group) is 1. The highest BCUT2D eigenvalue weighted by atomic mass is 35.5. The van der Waals surface area contributed by atoms with Crippen LogP contribution in [0.15, 0.2) is 42.5 Å². The van der Waals surface area contributed by atoms with Crippen LogP contribution in [0.2, 0.25) is 10.0 Å². The van der Waals surface area contributed by atoms with Crippen molar-refractivity contribution in [3.63, 3.8) is 0 Å². The van der Waals surface area contributed by atoms with Gasteiger partial charge in [-0.3, -0.25) is 4.79 Å². The summed E-state index contributed by atoms with van der Waals surface area (Å²) in [6.07, 6.45) is 0. The van der Waals surface area contributed by atoms with Crippen LogP contribution in [-0.2, 0) is 11.3 Å². The number of benzene rings is 2. The van der Waals surface area contributed by atoms with Crippen molar-refractivity contribution in [3.8, 4) is 5.75 Å². The number of anilines is 1. The van der Waals surface area contributed by atoms with Crippen LogP contribution in [0.3, 0.4) is 0 Å². The van der Waals surface area contributed by atoms with E-state index in [4.69, 9.17) is 27.9 Å². The smallest absolute Gasteiger partial charge is 0.279 e. The Morgan fingerprint density at radius 1 is 1.22 bits per heavy atom. The van der Waals surface area contributed by atoms with Gasteiger partial charge in [0.25, 0.3) is 5.91 Å². The molecular formula is C17H19Cl2N2O2+. The largest absolute Gasteiger partial charge is 0.497 e. The lowest BCUT2D eigenvalue weighted by Gasteiger charge is -2.15. The highest BCUT2D eigenvalue weighted by Crippen LogP contribution is 2.25. The average Bonchev–Trinajstić information content (AvgIpc) is 2.50. The van der Waals surface area contributed by atoms with E-state index < -0.39 is 0 Å². The number of halogens is 2. The van der Waals surface area contributed by atoms with Gasteiger partial charge in [0.1, 0.15) is 12.3 Å². The molecule has 1 amide bonds. The van der Waals surface area contributed by atoms with Crippen LogP contribution in [0.1, 0.15) is 5.56 Å². The third-order valence-corrected chi connectivity index (χ3v) is 3.87. The molecule has 0 aromatic heterocycles. The van der Waals surface area contributed by atoms with Crippen molar-refractivity contribution in [3.05, 3.63) is 58.1 Å². The normalized spacial score (nSPS) is 11.8. The number of hydrogen-bond donors (Lipinski definition) is 2. The number of amides is 1. The molecule has 0 radical (unpaired) electrons. The first-order valence-electron chi connectivity index (χ1n) is 7.17. The number of rotatable bonds is 6. The molecule has 0 fully saturated rings. The second kappa shape index (κ2) is 8.20. The fraction of sp³-hybridized carbons (Fsp3) is 0.235. The molecule has 2 aromatic rings. The fourth-order valence-electron chi connectivity index (χ4n) is 2.26. The molecule has 0 heterocycles. The van der Waals surface area contributed by atoms with Crippen LogP contribution in [0.25, 0.3) is 0 Å². The molecule has 0 saturated heterocycles. The number of nitrogens with one attached hydrogen (secondary N) is 2. The number of carbonyl (C=O) groups excluding carboxylic acids is 1. The summed E-state index contributed by atoms with van der Waals surface area (Å²) in [5, 5.41) is 3.78. The standard InChI is InChI=1S/C17H18Cl2N2O2/c1-21(10-12-4-3-5-14(8-12)23-2)11-17(22)20-16-9-13(18)6-7-15(16)19/h3-9H,10-11H2,1-2H3,(H,20,22)/p+1. The van der Waals surface area contributed by atoms with E-state index in [9.17, 15) is 4.79 Å². The van der Waals surface area contributed by atoms with Gasteiger partial charge >= 0.3 is 0 Å². The van der Waals surface area contributed by atoms with Gasteiger partial charge in [-0.15, -0.1) is 0 Å². The second-order valence-corrected chi connectivity index (χ2v) is 6.18. The fourth-order valence-corrected chi connectivity index (χ4v) is 2.59. The summed E-state index contributed by atoms with van der Waals surface area (Å²) in [6, 6.07) is 12.8. The summed E-state index contributed by atoms with van der Waals surface area (Å²) in [4.78, 5) is 13.2. The SMILES string of the molecule is COc1cccc(C[NH+](C)CC(=O)Nc2cc(Cl)ccc2Cl)c1. The quantitative estimate of drug-likeness (QED) is 0.838. The summed E-state index contributed by atoms with van der Waals surface area (Å²) in [6.45, 7) is 1.04. The van der Waals surface area contributed by atoms with E-state index in [1.807, 2.05) is 31.3 Å². The molecule has 122 valence electrons. The Balaban J connectivity index is 1.92. The molecule has 2 aromatic carbocycles. The molecule has 0 saturated carbocycles. The molecule has 4 nitrogen and oxygen atoms in total. The van der Waals surface area contributed by atoms with Crippen molar-refractivity contribution < 1.29 is 14.4 Å². The molecule has 1 atom stereocenters. The van der Waals surface area contributed by atoms with Gasteiger partial charge in [0.2, 0.25) is 0 Å². The number of quaternary nitrogens is 1. The highest BCUT2D eigenvalue weighted by Gasteiger charge is 2.13. The van der Waals surface area contributed by atoms with Crippen molar-refractivity contribution >= 4 is 34.8 Å². The van der Waals surface area contributed by atoms with E-state index in [-0.39, 0.29) is 5.91 Å². The Morgan fingerprint density at radius 3 is 2.74 bits per heavy atom. The summed E-state index contributed by atoms with van der Waals surface area (Å²) in [7, 11) is 3.59. The Morgan fingerprint density at radius 2 is 2.00 bits per heavy atom. The topological polar surface area (TPSA) is 42.8 Å². The highest BCUT2D eigenvalue weighted by molar-refractivity contribution is 6.35. The number of ether oxygens (including phenoxy) is 1. The van der Waals surface area contributed by atoms with Gasteiger partial charge < -0.3 is 15.0 Å². The molecule has 0 aliphatic rings. The predicted molar refractivity (Wildman–Crippen MR) is 93.5 cm³/mol. The summed E-state index contributed by atoms with van der Waals surface area (Å²) < 4.78 is 5.21. The lowest BCUT2D eigenvalue weighted by molar-refractivity contribution is -0.885. The molecule has 6 heteroatoms. The molecule has 2 N–H and O–H groups in total. The summed E-state index contributed by atoms with van der Waals surface area (Å²) in [5.74, 6) is 0.694. The van der Waals surface area contributed by atoms with Gasteiger partial charge in [-0.25, -0.2) is 0 Å². The maximum absolute atomic E-state index is 12.1. The molecule has 0 bridgehead atoms. The van der Waals surface area contributed by atoms with Crippen molar-refractivity contribution in [2.45, 2.75) is 6.54 Å². The van der Waals surface area contributed by atoms with E-state index >= 15 is 0 Å². The van der Waals surface area contributed by atoms with E-state index in [2.05, 4.69) is 5.32 Å². The molecule has 1 unspecified atom stereocenters. The van der Waals surface area contributed by atoms with Crippen molar-refractivity contribution in [1.82, 2.24) is 0 Å². The van der Waals surface area contributed by atoms with Crippen molar-refractivity contribution in [1.29, 1.82) is 0 Å². The minimum Gasteiger partial charge on any atom is -0.497 e. The van der Waals surface area contributed by atoms with Gasteiger partial charge in [-0.05, 0) is 30.3 Å². The molecule has 0 aliphatic carbocycles. The molecule has 23 heavy (non-hydrogen) atoms. The van der Waals surface area contributed by atoms with Gasteiger partial charge in [-0.2, -0.15) is 0 Å². The molecular weight excluding hydrogens is 335 g/mol. The minimum absolute atomic E-state index is 0.116. The van der Waals surface area contributed by atoms with Crippen LogP contribution < -0.4 is 15.0 Å². The van der Waals surface area contributed by atoms with Gasteiger partial charge in [0.15, 0.2) is 6.54 Å². The Kier molecular flexibility index (Phi) is 6.28. The summed E-state index contributed by atoms with van der Waals surface area (Å²) in [5.41, 5.74) is 1.63. The average molecular weight is 354 g/mol. The predicted octanol–water partition coefficient (Wildman–Crippen LogP) is 2.66. The van der Waals surface area contributed by atoms with Crippen LogP contribution in [0.5, 0.6) is 5.75 Å². The lowest BCUT2D eigenvalue weighted by atomic mass is 10.2. The zero-order valence-corrected chi connectivity index (χ0v) is 14.5. The molecule has 0 spiro atoms. The van der Waals surface area contributed by atoms with E-state index in [0.717, 1.165) is 16.2 Å². The minimum atomic E-state index is -0.116. The van der Waals surface area contributed by atoms with Crippen molar-refractivity contribution in [2.75, 3.05) is 26.0 Å². The van der Waals surface area contributed by atoms with Gasteiger partial charge in [-0.1, -0.05) is 35.3 Å². The second-order valence-electron chi connectivity index (χ2n) is 5.33. The van der Waals surface area contributed by atoms with Crippen LogP contribution >= 0.6 is 23.2 Å². The molecule has 0 aliphatic heterocycles. The third-order valence-electron chi connectivity index (χ3n) is 3.30. The first-order chi connectivity index (χ1) is 11.0. The van der Waals surface area contributed by atoms with E-state index in [1.54, 1.807) is 25.3 Å². The monoisotopic (exact) mass is 353 g/mol. The van der Waals surface area contributed by atoms with Gasteiger partial charge in [0.05, 0.1) is 24.9 Å². The number of methoxy groups -OCH3 is 1. The zero-order chi connectivity index (χ0) is 16.8. The van der Waals surface area contributed by atoms with Crippen LogP contribution in [-0.4, -0.2) is 26.6 Å². The zero-order valence-electron chi connectivity index (χ0n) is 13.0. The number of carbonyl (C=O) groups is 1. The Labute approximate surface area is 146 Å². The van der Waals surface area contributed by atoms with Crippen LogP contribution in [0.4, 0.5) is 5.69 Å². The van der Waals surface area contributed by atoms with E-state index in [1.165, 1.54) is 0 Å². The first-order valence-corrected chi connectivity index (χ1v) is 7.92. The maximum atomic E-state index is 12.1. The Bertz CT molecular complexity index is 692. The van der Waals surface area contributed by atoms with E-state index in [0.29, 0.717) is 28.8 Å². The number of hydrogen-bond acceptors (Lipinski definition) is 2. The molecule has 2 rings (SSSR count). The third kappa shape index (κ3) is 5.43. The lowest BCUT2D eigenvalue weighted by Crippen LogP contribution is -3.08. The van der Waals surface area contributed by atoms with Crippen molar-refractivity contribution in [2.24, 2.45) is 0 Å². The Hall–Kier alpha value is -1.75. The summed E-state index contributed by atoms with van der Waals surface area (Å²) >= 11 is 12.0. The van der Waals surface area contributed by atoms with Gasteiger partial charge in [0, 0.05) is 10.6 Å². The van der Waals surface area contributed by atoms with Crippen LogP contribution in [0, 0.1) is 0 Å². The first kappa shape index (κ1) is 17.6. The maximum Gasteiger partial charge on any atom is 0.279 e.